The summed E-state index contributed by atoms with van der Waals surface area (Å²) in [5, 5.41) is 20.7. The van der Waals surface area contributed by atoms with Gasteiger partial charge in [0.25, 0.3) is 0 Å². The van der Waals surface area contributed by atoms with E-state index in [1.54, 1.807) is 0 Å². The van der Waals surface area contributed by atoms with Gasteiger partial charge >= 0.3 is 11.9 Å². The number of thioether (sulfide) groups is 1. The van der Waals surface area contributed by atoms with E-state index in [0.29, 0.717) is 12.2 Å². The van der Waals surface area contributed by atoms with Crippen molar-refractivity contribution in [3.05, 3.63) is 0 Å². The summed E-state index contributed by atoms with van der Waals surface area (Å²) in [6.45, 7) is 0. The van der Waals surface area contributed by atoms with Crippen LogP contribution in [0.15, 0.2) is 0 Å². The molecule has 0 aromatic rings. The summed E-state index contributed by atoms with van der Waals surface area (Å²) in [5.74, 6) is -5.24. The van der Waals surface area contributed by atoms with Crippen LogP contribution in [0.4, 0.5) is 4.39 Å². The average molecular weight is 334 g/mol. The van der Waals surface area contributed by atoms with Crippen LogP contribution in [-0.4, -0.2) is 57.8 Å². The molecule has 0 spiro atoms. The van der Waals surface area contributed by atoms with Gasteiger partial charge in [0, 0.05) is 5.92 Å². The molecular formula is C13H19FN2O5S. The third kappa shape index (κ3) is 2.56. The molecule has 7 nitrogen and oxygen atoms in total. The van der Waals surface area contributed by atoms with Gasteiger partial charge in [-0.2, -0.15) is 11.8 Å². The minimum absolute atomic E-state index is 0.172. The van der Waals surface area contributed by atoms with E-state index in [-0.39, 0.29) is 6.42 Å². The van der Waals surface area contributed by atoms with E-state index in [0.717, 1.165) is 0 Å². The van der Waals surface area contributed by atoms with Crippen molar-refractivity contribution in [3.63, 3.8) is 0 Å². The van der Waals surface area contributed by atoms with E-state index in [9.17, 15) is 23.9 Å². The van der Waals surface area contributed by atoms with Gasteiger partial charge in [0.05, 0.1) is 12.0 Å². The largest absolute Gasteiger partial charge is 0.481 e. The Labute approximate surface area is 130 Å². The third-order valence-corrected chi connectivity index (χ3v) is 5.25. The van der Waals surface area contributed by atoms with Gasteiger partial charge in [0.2, 0.25) is 5.91 Å². The molecule has 2 aliphatic rings. The first-order valence-electron chi connectivity index (χ1n) is 6.94. The monoisotopic (exact) mass is 334 g/mol. The van der Waals surface area contributed by atoms with E-state index in [2.05, 4.69) is 5.32 Å². The van der Waals surface area contributed by atoms with Gasteiger partial charge < -0.3 is 21.3 Å². The van der Waals surface area contributed by atoms with Crippen LogP contribution in [0.2, 0.25) is 0 Å². The van der Waals surface area contributed by atoms with Crippen molar-refractivity contribution in [2.75, 3.05) is 12.0 Å². The number of aliphatic carboxylic acids is 2. The van der Waals surface area contributed by atoms with Crippen LogP contribution >= 0.6 is 11.8 Å². The molecule has 5 N–H and O–H groups in total. The third-order valence-electron chi connectivity index (χ3n) is 4.61. The number of hydrogen-bond acceptors (Lipinski definition) is 5. The first-order chi connectivity index (χ1) is 10.3. The van der Waals surface area contributed by atoms with E-state index in [1.165, 1.54) is 11.8 Å². The van der Waals surface area contributed by atoms with Gasteiger partial charge in [-0.05, 0) is 30.8 Å². The molecule has 9 heteroatoms. The van der Waals surface area contributed by atoms with Crippen molar-refractivity contribution in [1.29, 1.82) is 0 Å². The van der Waals surface area contributed by atoms with Crippen LogP contribution in [0.5, 0.6) is 0 Å². The Kier molecular flexibility index (Phi) is 4.67. The lowest BCUT2D eigenvalue weighted by Crippen LogP contribution is -2.63. The molecule has 0 aliphatic heterocycles. The molecule has 2 saturated carbocycles. The second-order valence-corrected chi connectivity index (χ2v) is 6.79. The lowest BCUT2D eigenvalue weighted by Gasteiger charge is -2.32. The molecule has 124 valence electrons. The standard InChI is InChI=1S/C13H19FN2O5S/c1-22-3-2-6(15)10(17)16-13(12(20)21)7(14)4-5-8(9(5)13)11(18)19/h5-9H,2-4,15H2,1H3,(H,16,17)(H,18,19)(H,20,21)/t5-,6+,7-,8-,9-,13-/m0/s1. The van der Waals surface area contributed by atoms with Crippen LogP contribution in [0.1, 0.15) is 12.8 Å². The summed E-state index contributed by atoms with van der Waals surface area (Å²) < 4.78 is 14.3. The maximum absolute atomic E-state index is 14.3. The fraction of sp³-hybridized carbons (Fsp3) is 0.769. The highest BCUT2D eigenvalue weighted by Gasteiger charge is 2.76. The first kappa shape index (κ1) is 17.0. The summed E-state index contributed by atoms with van der Waals surface area (Å²) in [5.41, 5.74) is 3.50. The first-order valence-corrected chi connectivity index (χ1v) is 8.33. The number of carbonyl (C=O) groups is 3. The van der Waals surface area contributed by atoms with Crippen molar-refractivity contribution in [1.82, 2.24) is 5.32 Å². The summed E-state index contributed by atoms with van der Waals surface area (Å²) in [6, 6.07) is -0.947. The topological polar surface area (TPSA) is 130 Å². The van der Waals surface area contributed by atoms with Gasteiger partial charge in [-0.25, -0.2) is 9.18 Å². The molecule has 0 aromatic carbocycles. The molecule has 2 rings (SSSR count). The lowest BCUT2D eigenvalue weighted by atomic mass is 9.88. The molecular weight excluding hydrogens is 315 g/mol. The highest BCUT2D eigenvalue weighted by molar-refractivity contribution is 7.98. The number of carboxylic acid groups (broad SMARTS) is 2. The van der Waals surface area contributed by atoms with Crippen LogP contribution in [0, 0.1) is 17.8 Å². The van der Waals surface area contributed by atoms with E-state index >= 15 is 0 Å². The van der Waals surface area contributed by atoms with Crippen molar-refractivity contribution in [3.8, 4) is 0 Å². The molecule has 6 atom stereocenters. The van der Waals surface area contributed by atoms with E-state index < -0.39 is 53.4 Å². The number of carboxylic acids is 2. The predicted octanol–water partition coefficient (Wildman–Crippen LogP) is -0.305. The van der Waals surface area contributed by atoms with Crippen LogP contribution in [-0.2, 0) is 14.4 Å². The summed E-state index contributed by atoms with van der Waals surface area (Å²) >= 11 is 1.48. The van der Waals surface area contributed by atoms with Gasteiger partial charge in [0.1, 0.15) is 6.17 Å². The molecule has 0 unspecified atom stereocenters. The Morgan fingerprint density at radius 3 is 2.59 bits per heavy atom. The Morgan fingerprint density at radius 2 is 2.09 bits per heavy atom. The summed E-state index contributed by atoms with van der Waals surface area (Å²) in [4.78, 5) is 34.8. The molecule has 0 bridgehead atoms. The number of hydrogen-bond donors (Lipinski definition) is 4. The molecule has 0 radical (unpaired) electrons. The minimum Gasteiger partial charge on any atom is -0.481 e. The number of fused-ring (bicyclic) bond motifs is 1. The zero-order valence-corrected chi connectivity index (χ0v) is 12.8. The SMILES string of the molecule is CSCC[C@@H](N)C(=O)N[C@]1(C(=O)O)[C@H]2[C@@H](C[C@@H]1F)[C@@H]2C(=O)O. The van der Waals surface area contributed by atoms with Gasteiger partial charge in [0.15, 0.2) is 5.54 Å². The molecule has 0 saturated heterocycles. The van der Waals surface area contributed by atoms with Crippen molar-refractivity contribution in [2.45, 2.75) is 30.6 Å². The Bertz CT molecular complexity index is 505. The number of halogens is 1. The maximum atomic E-state index is 14.3. The zero-order valence-electron chi connectivity index (χ0n) is 12.0. The van der Waals surface area contributed by atoms with Gasteiger partial charge in [-0.3, -0.25) is 9.59 Å². The molecule has 2 fully saturated rings. The smallest absolute Gasteiger partial charge is 0.332 e. The van der Waals surface area contributed by atoms with Gasteiger partial charge in [-0.15, -0.1) is 0 Å². The molecule has 0 heterocycles. The summed E-state index contributed by atoms with van der Waals surface area (Å²) in [7, 11) is 0. The molecule has 2 aliphatic carbocycles. The van der Waals surface area contributed by atoms with Gasteiger partial charge in [-0.1, -0.05) is 0 Å². The number of nitrogens with two attached hydrogens (primary N) is 1. The molecule has 22 heavy (non-hydrogen) atoms. The number of rotatable bonds is 7. The normalized spacial score (nSPS) is 37.2. The maximum Gasteiger partial charge on any atom is 0.332 e. The zero-order chi connectivity index (χ0) is 16.7. The Morgan fingerprint density at radius 1 is 1.45 bits per heavy atom. The minimum atomic E-state index is -2.18. The number of carbonyl (C=O) groups excluding carboxylic acids is 1. The highest BCUT2D eigenvalue weighted by atomic mass is 32.2. The number of amides is 1. The predicted molar refractivity (Wildman–Crippen MR) is 77.1 cm³/mol. The summed E-state index contributed by atoms with van der Waals surface area (Å²) in [6.07, 6.45) is 0.182. The average Bonchev–Trinajstić information content (AvgIpc) is 3.08. The second kappa shape index (κ2) is 6.04. The van der Waals surface area contributed by atoms with E-state index in [1.807, 2.05) is 6.26 Å². The quantitative estimate of drug-likeness (QED) is 0.503. The lowest BCUT2D eigenvalue weighted by molar-refractivity contribution is -0.153. The van der Waals surface area contributed by atoms with Crippen molar-refractivity contribution < 1.29 is 29.0 Å². The van der Waals surface area contributed by atoms with E-state index in [4.69, 9.17) is 10.8 Å². The fourth-order valence-electron chi connectivity index (χ4n) is 3.42. The number of alkyl halides is 1. The van der Waals surface area contributed by atoms with Crippen molar-refractivity contribution in [2.24, 2.45) is 23.5 Å². The Balaban J connectivity index is 2.17. The number of nitrogens with one attached hydrogen (secondary N) is 1. The van der Waals surface area contributed by atoms with Crippen LogP contribution < -0.4 is 11.1 Å². The Hall–Kier alpha value is -1.35. The van der Waals surface area contributed by atoms with Crippen molar-refractivity contribution >= 4 is 29.6 Å². The highest BCUT2D eigenvalue weighted by Crippen LogP contribution is 2.63. The van der Waals surface area contributed by atoms with Crippen LogP contribution in [0.3, 0.4) is 0 Å². The molecule has 0 aromatic heterocycles. The second-order valence-electron chi connectivity index (χ2n) is 5.81. The van der Waals surface area contributed by atoms with Crippen LogP contribution in [0.25, 0.3) is 0 Å². The fourth-order valence-corrected chi connectivity index (χ4v) is 3.91. The molecule has 1 amide bonds.